The molecule has 6 nitrogen and oxygen atoms in total. The Kier molecular flexibility index (Phi) is 5.79. The first-order valence-corrected chi connectivity index (χ1v) is 12.2. The summed E-state index contributed by atoms with van der Waals surface area (Å²) in [5.74, 6) is -0.437. The lowest BCUT2D eigenvalue weighted by molar-refractivity contribution is -0.130. The lowest BCUT2D eigenvalue weighted by atomic mass is 9.72. The lowest BCUT2D eigenvalue weighted by Crippen LogP contribution is -2.44. The molecule has 2 aliphatic rings. The van der Waals surface area contributed by atoms with E-state index in [1.807, 2.05) is 24.4 Å². The van der Waals surface area contributed by atoms with Crippen molar-refractivity contribution >= 4 is 27.3 Å². The number of sulfonamides is 1. The van der Waals surface area contributed by atoms with Crippen molar-refractivity contribution in [2.24, 2.45) is 11.3 Å². The molecule has 2 aromatic rings. The van der Waals surface area contributed by atoms with Crippen LogP contribution in [0.1, 0.15) is 23.3 Å². The largest absolute Gasteiger partial charge is 0.381 e. The van der Waals surface area contributed by atoms with Crippen LogP contribution in [0, 0.1) is 18.3 Å². The highest BCUT2D eigenvalue weighted by atomic mass is 32.2. The first-order chi connectivity index (χ1) is 13.9. The van der Waals surface area contributed by atoms with Gasteiger partial charge < -0.3 is 10.1 Å². The number of ether oxygens (including phenoxy) is 1. The van der Waals surface area contributed by atoms with Crippen LogP contribution in [0.25, 0.3) is 0 Å². The molecule has 0 bridgehead atoms. The molecule has 0 aliphatic carbocycles. The molecule has 1 amide bonds. The number of hydrogen-bond acceptors (Lipinski definition) is 5. The smallest absolute Gasteiger partial charge is 0.243 e. The molecule has 1 aromatic heterocycles. The van der Waals surface area contributed by atoms with Crippen LogP contribution >= 0.6 is 11.3 Å². The summed E-state index contributed by atoms with van der Waals surface area (Å²) in [6.45, 7) is 4.11. The van der Waals surface area contributed by atoms with E-state index in [0.717, 1.165) is 10.4 Å². The van der Waals surface area contributed by atoms with Gasteiger partial charge in [0, 0.05) is 36.6 Å². The quantitative estimate of drug-likeness (QED) is 0.785. The molecule has 1 atom stereocenters. The maximum absolute atomic E-state index is 13.2. The van der Waals surface area contributed by atoms with Crippen molar-refractivity contribution in [2.75, 3.05) is 26.3 Å². The number of aryl methyl sites for hydroxylation is 1. The van der Waals surface area contributed by atoms with Gasteiger partial charge in [-0.05, 0) is 43.3 Å². The molecule has 0 saturated carbocycles. The summed E-state index contributed by atoms with van der Waals surface area (Å²) in [5, 5.41) is 5.01. The first kappa shape index (κ1) is 20.5. The number of nitrogens with zero attached hydrogens (tertiary/aromatic N) is 1. The minimum atomic E-state index is -3.64. The Hall–Kier alpha value is -1.74. The van der Waals surface area contributed by atoms with Crippen LogP contribution in [0.5, 0.6) is 0 Å². The third kappa shape index (κ3) is 4.12. The van der Waals surface area contributed by atoms with Gasteiger partial charge in [0.25, 0.3) is 0 Å². The molecule has 1 spiro atoms. The van der Waals surface area contributed by atoms with Crippen molar-refractivity contribution in [2.45, 2.75) is 31.2 Å². The number of carbonyl (C=O) groups excluding carboxylic acids is 1. The second kappa shape index (κ2) is 8.18. The molecule has 4 rings (SSSR count). The molecule has 156 valence electrons. The predicted octanol–water partition coefficient (Wildman–Crippen LogP) is 2.79. The first-order valence-electron chi connectivity index (χ1n) is 9.85. The zero-order valence-corrected chi connectivity index (χ0v) is 18.1. The van der Waals surface area contributed by atoms with Gasteiger partial charge in [0.05, 0.1) is 17.4 Å². The second-order valence-corrected chi connectivity index (χ2v) is 10.9. The number of benzene rings is 1. The highest BCUT2D eigenvalue weighted by molar-refractivity contribution is 7.89. The molecule has 1 aromatic carbocycles. The van der Waals surface area contributed by atoms with Crippen molar-refractivity contribution in [1.82, 2.24) is 9.62 Å². The van der Waals surface area contributed by atoms with Crippen LogP contribution in [-0.4, -0.2) is 44.9 Å². The Morgan fingerprint density at radius 2 is 1.97 bits per heavy atom. The Labute approximate surface area is 175 Å². The minimum absolute atomic E-state index is 0.0677. The fraction of sp³-hybridized carbons (Fsp3) is 0.476. The Morgan fingerprint density at radius 3 is 2.62 bits per heavy atom. The molecule has 0 radical (unpaired) electrons. The normalized spacial score (nSPS) is 22.0. The molecule has 3 heterocycles. The molecule has 0 unspecified atom stereocenters. The summed E-state index contributed by atoms with van der Waals surface area (Å²) in [6, 6.07) is 10.8. The SMILES string of the molecule is Cc1ccc(S(=O)(=O)N2C[C@H](C(=O)NCc3cccs3)C3(CCOCC3)C2)cc1. The Morgan fingerprint density at radius 1 is 1.24 bits per heavy atom. The van der Waals surface area contributed by atoms with Crippen LogP contribution in [0.3, 0.4) is 0 Å². The van der Waals surface area contributed by atoms with E-state index in [-0.39, 0.29) is 28.7 Å². The summed E-state index contributed by atoms with van der Waals surface area (Å²) in [4.78, 5) is 14.5. The fourth-order valence-corrected chi connectivity index (χ4v) is 6.52. The van der Waals surface area contributed by atoms with Gasteiger partial charge in [0.1, 0.15) is 0 Å². The van der Waals surface area contributed by atoms with Gasteiger partial charge >= 0.3 is 0 Å². The molecular weight excluding hydrogens is 408 g/mol. The maximum Gasteiger partial charge on any atom is 0.243 e. The van der Waals surface area contributed by atoms with E-state index in [0.29, 0.717) is 39.1 Å². The third-order valence-corrected chi connectivity index (χ3v) is 8.80. The molecule has 1 N–H and O–H groups in total. The van der Waals surface area contributed by atoms with E-state index in [1.165, 1.54) is 4.31 Å². The number of rotatable bonds is 5. The van der Waals surface area contributed by atoms with Crippen molar-refractivity contribution < 1.29 is 17.9 Å². The average Bonchev–Trinajstić information content (AvgIpc) is 3.36. The van der Waals surface area contributed by atoms with Gasteiger partial charge in [-0.2, -0.15) is 4.31 Å². The maximum atomic E-state index is 13.2. The Bertz CT molecular complexity index is 949. The van der Waals surface area contributed by atoms with Crippen molar-refractivity contribution in [1.29, 1.82) is 0 Å². The van der Waals surface area contributed by atoms with Crippen LogP contribution in [0.2, 0.25) is 0 Å². The summed E-state index contributed by atoms with van der Waals surface area (Å²) in [5.41, 5.74) is 0.646. The second-order valence-electron chi connectivity index (χ2n) is 7.94. The molecule has 2 saturated heterocycles. The highest BCUT2D eigenvalue weighted by Crippen LogP contribution is 2.46. The number of amides is 1. The van der Waals surface area contributed by atoms with Gasteiger partial charge in [-0.1, -0.05) is 23.8 Å². The van der Waals surface area contributed by atoms with Gasteiger partial charge in [0.15, 0.2) is 0 Å². The number of thiophene rings is 1. The van der Waals surface area contributed by atoms with Crippen LogP contribution in [-0.2, 0) is 26.1 Å². The highest BCUT2D eigenvalue weighted by Gasteiger charge is 2.53. The molecule has 2 aliphatic heterocycles. The monoisotopic (exact) mass is 434 g/mol. The van der Waals surface area contributed by atoms with E-state index >= 15 is 0 Å². The van der Waals surface area contributed by atoms with Gasteiger partial charge in [-0.25, -0.2) is 8.42 Å². The standard InChI is InChI=1S/C21H26N2O4S2/c1-16-4-6-18(7-5-16)29(25,26)23-14-19(21(15-23)8-10-27-11-9-21)20(24)22-13-17-3-2-12-28-17/h2-7,12,19H,8-11,13-15H2,1H3,(H,22,24)/t19-/m1/s1. The summed E-state index contributed by atoms with van der Waals surface area (Å²) in [7, 11) is -3.64. The van der Waals surface area contributed by atoms with Gasteiger partial charge in [0.2, 0.25) is 15.9 Å². The molecular formula is C21H26N2O4S2. The lowest BCUT2D eigenvalue weighted by Gasteiger charge is -2.37. The summed E-state index contributed by atoms with van der Waals surface area (Å²) in [6.07, 6.45) is 1.40. The van der Waals surface area contributed by atoms with E-state index in [2.05, 4.69) is 5.32 Å². The van der Waals surface area contributed by atoms with E-state index in [4.69, 9.17) is 4.74 Å². The minimum Gasteiger partial charge on any atom is -0.381 e. The predicted molar refractivity (Wildman–Crippen MR) is 112 cm³/mol. The number of carbonyl (C=O) groups is 1. The summed E-state index contributed by atoms with van der Waals surface area (Å²) >= 11 is 1.60. The van der Waals surface area contributed by atoms with Crippen LogP contribution in [0.15, 0.2) is 46.7 Å². The van der Waals surface area contributed by atoms with Crippen molar-refractivity contribution in [3.8, 4) is 0 Å². The van der Waals surface area contributed by atoms with Crippen molar-refractivity contribution in [3.05, 3.63) is 52.2 Å². The van der Waals surface area contributed by atoms with Crippen LogP contribution in [0.4, 0.5) is 0 Å². The van der Waals surface area contributed by atoms with E-state index < -0.39 is 10.0 Å². The van der Waals surface area contributed by atoms with Crippen molar-refractivity contribution in [3.63, 3.8) is 0 Å². The zero-order chi connectivity index (χ0) is 20.5. The van der Waals surface area contributed by atoms with Gasteiger partial charge in [-0.3, -0.25) is 4.79 Å². The average molecular weight is 435 g/mol. The molecule has 8 heteroatoms. The summed E-state index contributed by atoms with van der Waals surface area (Å²) < 4.78 is 33.5. The van der Waals surface area contributed by atoms with Gasteiger partial charge in [-0.15, -0.1) is 11.3 Å². The zero-order valence-electron chi connectivity index (χ0n) is 16.5. The fourth-order valence-electron chi connectivity index (χ4n) is 4.32. The molecule has 2 fully saturated rings. The number of hydrogen-bond donors (Lipinski definition) is 1. The topological polar surface area (TPSA) is 75.7 Å². The third-order valence-electron chi connectivity index (χ3n) is 6.10. The van der Waals surface area contributed by atoms with E-state index in [9.17, 15) is 13.2 Å². The number of nitrogens with one attached hydrogen (secondary N) is 1. The Balaban J connectivity index is 1.56. The van der Waals surface area contributed by atoms with Crippen LogP contribution < -0.4 is 5.32 Å². The van der Waals surface area contributed by atoms with E-state index in [1.54, 1.807) is 35.6 Å². The molecule has 29 heavy (non-hydrogen) atoms.